The van der Waals surface area contributed by atoms with Gasteiger partial charge in [0.15, 0.2) is 0 Å². The molecule has 8 nitrogen and oxygen atoms in total. The Morgan fingerprint density at radius 3 is 2.71 bits per heavy atom. The summed E-state index contributed by atoms with van der Waals surface area (Å²) in [5.41, 5.74) is 2.79. The molecule has 3 heterocycles. The standard InChI is InChI=1S/C25H24FN5O3/c1-16-4-3-5-20(12-16)31-11-10-29(13-17(31)2)21(32)14-30-15-27-24-22(25(30)33)23(28-34-24)18-6-8-19(26)9-7-18/h3-9,12,15,17H,10-11,13-14H2,1-2H3/t17-/m1/s1. The first-order valence-corrected chi connectivity index (χ1v) is 11.1. The van der Waals surface area contributed by atoms with Crippen molar-refractivity contribution < 1.29 is 13.7 Å². The van der Waals surface area contributed by atoms with E-state index in [1.54, 1.807) is 4.90 Å². The third kappa shape index (κ3) is 4.05. The molecule has 0 radical (unpaired) electrons. The molecule has 0 unspecified atom stereocenters. The monoisotopic (exact) mass is 461 g/mol. The summed E-state index contributed by atoms with van der Waals surface area (Å²) in [6, 6.07) is 14.1. The number of fused-ring (bicyclic) bond motifs is 1. The lowest BCUT2D eigenvalue weighted by molar-refractivity contribution is -0.132. The molecule has 2 aromatic carbocycles. The summed E-state index contributed by atoms with van der Waals surface area (Å²) in [7, 11) is 0. The smallest absolute Gasteiger partial charge is 0.267 e. The summed E-state index contributed by atoms with van der Waals surface area (Å²) in [4.78, 5) is 34.5. The van der Waals surface area contributed by atoms with E-state index in [0.717, 1.165) is 5.69 Å². The molecule has 2 aromatic heterocycles. The highest BCUT2D eigenvalue weighted by Gasteiger charge is 2.27. The van der Waals surface area contributed by atoms with Crippen LogP contribution in [0.3, 0.4) is 0 Å². The third-order valence-corrected chi connectivity index (χ3v) is 6.20. The second kappa shape index (κ2) is 8.74. The van der Waals surface area contributed by atoms with Crippen LogP contribution in [0.25, 0.3) is 22.4 Å². The zero-order valence-electron chi connectivity index (χ0n) is 18.9. The molecule has 1 amide bonds. The fraction of sp³-hybridized carbons (Fsp3) is 0.280. The minimum atomic E-state index is -0.426. The first-order valence-electron chi connectivity index (χ1n) is 11.1. The number of carbonyl (C=O) groups excluding carboxylic acids is 1. The minimum absolute atomic E-state index is 0.0772. The van der Waals surface area contributed by atoms with E-state index < -0.39 is 11.4 Å². The van der Waals surface area contributed by atoms with Crippen LogP contribution in [0.4, 0.5) is 10.1 Å². The number of halogens is 1. The molecule has 0 saturated carbocycles. The summed E-state index contributed by atoms with van der Waals surface area (Å²) in [6.45, 7) is 5.86. The molecule has 5 rings (SSSR count). The van der Waals surface area contributed by atoms with Gasteiger partial charge in [0.05, 0.1) is 0 Å². The molecule has 1 saturated heterocycles. The molecular weight excluding hydrogens is 437 g/mol. The molecule has 34 heavy (non-hydrogen) atoms. The van der Waals surface area contributed by atoms with Gasteiger partial charge in [-0.2, -0.15) is 0 Å². The fourth-order valence-corrected chi connectivity index (χ4v) is 4.42. The molecule has 4 aromatic rings. The highest BCUT2D eigenvalue weighted by Crippen LogP contribution is 2.25. The topological polar surface area (TPSA) is 84.5 Å². The molecule has 174 valence electrons. The van der Waals surface area contributed by atoms with Crippen LogP contribution in [-0.4, -0.2) is 51.2 Å². The Bertz CT molecular complexity index is 1410. The van der Waals surface area contributed by atoms with Crippen molar-refractivity contribution in [2.45, 2.75) is 26.4 Å². The Kier molecular flexibility index (Phi) is 5.61. The van der Waals surface area contributed by atoms with E-state index in [2.05, 4.69) is 47.1 Å². The van der Waals surface area contributed by atoms with Crippen LogP contribution in [-0.2, 0) is 11.3 Å². The molecule has 0 N–H and O–H groups in total. The quantitative estimate of drug-likeness (QED) is 0.464. The summed E-state index contributed by atoms with van der Waals surface area (Å²) in [5, 5.41) is 4.11. The molecule has 1 atom stereocenters. The number of carbonyl (C=O) groups is 1. The van der Waals surface area contributed by atoms with E-state index in [-0.39, 0.29) is 35.3 Å². The van der Waals surface area contributed by atoms with Gasteiger partial charge in [0, 0.05) is 36.9 Å². The Hall–Kier alpha value is -4.01. The van der Waals surface area contributed by atoms with E-state index >= 15 is 0 Å². The number of benzene rings is 2. The van der Waals surface area contributed by atoms with Gasteiger partial charge in [-0.1, -0.05) is 17.3 Å². The largest absolute Gasteiger partial charge is 0.365 e. The van der Waals surface area contributed by atoms with Gasteiger partial charge in [-0.25, -0.2) is 9.37 Å². The molecule has 1 fully saturated rings. The van der Waals surface area contributed by atoms with Crippen molar-refractivity contribution in [3.05, 3.63) is 76.6 Å². The number of aromatic nitrogens is 3. The van der Waals surface area contributed by atoms with Crippen molar-refractivity contribution in [1.29, 1.82) is 0 Å². The summed E-state index contributed by atoms with van der Waals surface area (Å²) < 4.78 is 19.8. The van der Waals surface area contributed by atoms with Crippen molar-refractivity contribution in [3.8, 4) is 11.3 Å². The summed E-state index contributed by atoms with van der Waals surface area (Å²) >= 11 is 0. The lowest BCUT2D eigenvalue weighted by Crippen LogP contribution is -2.54. The minimum Gasteiger partial charge on any atom is -0.365 e. The normalized spacial score (nSPS) is 16.3. The Labute approximate surface area is 195 Å². The van der Waals surface area contributed by atoms with Crippen molar-refractivity contribution in [2.24, 2.45) is 0 Å². The number of rotatable bonds is 4. The predicted octanol–water partition coefficient (Wildman–Crippen LogP) is 3.24. The van der Waals surface area contributed by atoms with Gasteiger partial charge in [0.25, 0.3) is 11.3 Å². The van der Waals surface area contributed by atoms with E-state index in [1.165, 1.54) is 40.7 Å². The zero-order chi connectivity index (χ0) is 23.8. The van der Waals surface area contributed by atoms with Crippen LogP contribution in [0.5, 0.6) is 0 Å². The van der Waals surface area contributed by atoms with Crippen molar-refractivity contribution in [1.82, 2.24) is 19.6 Å². The number of aryl methyl sites for hydroxylation is 1. The highest BCUT2D eigenvalue weighted by molar-refractivity contribution is 5.88. The molecular formula is C25H24FN5O3. The van der Waals surface area contributed by atoms with Crippen molar-refractivity contribution in [2.75, 3.05) is 24.5 Å². The predicted molar refractivity (Wildman–Crippen MR) is 126 cm³/mol. The zero-order valence-corrected chi connectivity index (χ0v) is 18.9. The first-order chi connectivity index (χ1) is 16.4. The maximum absolute atomic E-state index is 13.3. The van der Waals surface area contributed by atoms with Crippen LogP contribution in [0.1, 0.15) is 12.5 Å². The summed E-state index contributed by atoms with van der Waals surface area (Å²) in [5.74, 6) is -0.548. The van der Waals surface area contributed by atoms with Crippen LogP contribution < -0.4 is 10.5 Å². The number of piperazine rings is 1. The van der Waals surface area contributed by atoms with Gasteiger partial charge in [-0.15, -0.1) is 0 Å². The molecule has 0 aliphatic carbocycles. The van der Waals surface area contributed by atoms with Crippen molar-refractivity contribution >= 4 is 22.7 Å². The van der Waals surface area contributed by atoms with Crippen molar-refractivity contribution in [3.63, 3.8) is 0 Å². The molecule has 0 bridgehead atoms. The Morgan fingerprint density at radius 1 is 1.18 bits per heavy atom. The van der Waals surface area contributed by atoms with Gasteiger partial charge in [-0.3, -0.25) is 14.2 Å². The second-order valence-corrected chi connectivity index (χ2v) is 8.62. The average molecular weight is 461 g/mol. The maximum Gasteiger partial charge on any atom is 0.267 e. The van der Waals surface area contributed by atoms with Crippen LogP contribution in [0.15, 0.2) is 64.2 Å². The molecule has 1 aliphatic heterocycles. The number of amides is 1. The summed E-state index contributed by atoms with van der Waals surface area (Å²) in [6.07, 6.45) is 1.30. The highest BCUT2D eigenvalue weighted by atomic mass is 19.1. The van der Waals surface area contributed by atoms with Gasteiger partial charge in [-0.05, 0) is 55.8 Å². The Morgan fingerprint density at radius 2 is 1.97 bits per heavy atom. The van der Waals surface area contributed by atoms with Gasteiger partial charge in [0.1, 0.15) is 29.8 Å². The maximum atomic E-state index is 13.3. The third-order valence-electron chi connectivity index (χ3n) is 6.20. The van der Waals surface area contributed by atoms with E-state index in [1.807, 2.05) is 6.07 Å². The van der Waals surface area contributed by atoms with Gasteiger partial charge >= 0.3 is 0 Å². The number of anilines is 1. The fourth-order valence-electron chi connectivity index (χ4n) is 4.42. The molecule has 1 aliphatic rings. The number of hydrogen-bond acceptors (Lipinski definition) is 6. The van der Waals surface area contributed by atoms with Crippen LogP contribution >= 0.6 is 0 Å². The number of hydrogen-bond donors (Lipinski definition) is 0. The number of nitrogens with zero attached hydrogens (tertiary/aromatic N) is 5. The van der Waals surface area contributed by atoms with Crippen LogP contribution in [0.2, 0.25) is 0 Å². The van der Waals surface area contributed by atoms with Gasteiger partial charge in [0.2, 0.25) is 5.91 Å². The van der Waals surface area contributed by atoms with E-state index in [4.69, 9.17) is 4.52 Å². The lowest BCUT2D eigenvalue weighted by Gasteiger charge is -2.41. The lowest BCUT2D eigenvalue weighted by atomic mass is 10.1. The second-order valence-electron chi connectivity index (χ2n) is 8.62. The molecule has 9 heteroatoms. The molecule has 0 spiro atoms. The van der Waals surface area contributed by atoms with Gasteiger partial charge < -0.3 is 14.3 Å². The van der Waals surface area contributed by atoms with E-state index in [0.29, 0.717) is 25.2 Å². The average Bonchev–Trinajstić information content (AvgIpc) is 3.26. The Balaban J connectivity index is 1.35. The first kappa shape index (κ1) is 21.8. The van der Waals surface area contributed by atoms with E-state index in [9.17, 15) is 14.0 Å². The van der Waals surface area contributed by atoms with Crippen LogP contribution in [0, 0.1) is 12.7 Å². The SMILES string of the molecule is Cc1cccc(N2CCN(C(=O)Cn3cnc4onc(-c5ccc(F)cc5)c4c3=O)C[C@H]2C)c1.